The third-order valence-corrected chi connectivity index (χ3v) is 6.62. The quantitative estimate of drug-likeness (QED) is 0.303. The molecule has 0 radical (unpaired) electrons. The van der Waals surface area contributed by atoms with Gasteiger partial charge in [-0.25, -0.2) is 9.78 Å². The first-order valence-electron chi connectivity index (χ1n) is 11.9. The second-order valence-electron chi connectivity index (χ2n) is 9.41. The number of aryl methyl sites for hydroxylation is 1. The Kier molecular flexibility index (Phi) is 6.24. The summed E-state index contributed by atoms with van der Waals surface area (Å²) in [7, 11) is 3.38. The van der Waals surface area contributed by atoms with Crippen LogP contribution in [0.2, 0.25) is 0 Å². The fourth-order valence-corrected chi connectivity index (χ4v) is 4.37. The molecule has 0 saturated carbocycles. The van der Waals surface area contributed by atoms with E-state index in [2.05, 4.69) is 16.0 Å². The number of hydrogen-bond donors (Lipinski definition) is 0. The van der Waals surface area contributed by atoms with E-state index in [4.69, 9.17) is 9.47 Å². The van der Waals surface area contributed by atoms with Gasteiger partial charge in [-0.2, -0.15) is 5.26 Å². The van der Waals surface area contributed by atoms with Crippen LogP contribution < -0.4 is 10.4 Å². The second kappa shape index (κ2) is 9.52. The van der Waals surface area contributed by atoms with Crippen molar-refractivity contribution in [2.75, 3.05) is 20.3 Å². The number of aromatic nitrogens is 4. The molecule has 8 heteroatoms. The summed E-state index contributed by atoms with van der Waals surface area (Å²) < 4.78 is 13.9. The summed E-state index contributed by atoms with van der Waals surface area (Å²) in [4.78, 5) is 22.4. The van der Waals surface area contributed by atoms with Gasteiger partial charge in [0.05, 0.1) is 46.5 Å². The van der Waals surface area contributed by atoms with Crippen LogP contribution in [0.15, 0.2) is 71.8 Å². The van der Waals surface area contributed by atoms with Crippen molar-refractivity contribution in [3.05, 3.63) is 83.0 Å². The first-order valence-corrected chi connectivity index (χ1v) is 11.9. The maximum atomic E-state index is 13.4. The Morgan fingerprint density at radius 2 is 1.73 bits per heavy atom. The predicted molar refractivity (Wildman–Crippen MR) is 143 cm³/mol. The highest BCUT2D eigenvalue weighted by Crippen LogP contribution is 2.31. The van der Waals surface area contributed by atoms with Crippen molar-refractivity contribution in [2.45, 2.75) is 19.3 Å². The van der Waals surface area contributed by atoms with Crippen LogP contribution in [0, 0.1) is 11.3 Å². The van der Waals surface area contributed by atoms with Crippen LogP contribution in [0.25, 0.3) is 38.8 Å². The molecule has 0 aliphatic carbocycles. The van der Waals surface area contributed by atoms with Crippen molar-refractivity contribution in [1.29, 1.82) is 5.26 Å². The molecule has 186 valence electrons. The number of hydrogen-bond acceptors (Lipinski definition) is 6. The number of ether oxygens (including phenoxy) is 2. The van der Waals surface area contributed by atoms with E-state index in [1.165, 1.54) is 0 Å². The molecule has 0 fully saturated rings. The molecular weight excluding hydrogens is 466 g/mol. The number of rotatable bonds is 7. The van der Waals surface area contributed by atoms with Gasteiger partial charge in [0.1, 0.15) is 6.61 Å². The molecule has 0 aliphatic heterocycles. The maximum absolute atomic E-state index is 13.4. The minimum absolute atomic E-state index is 0.166. The molecule has 0 amide bonds. The third-order valence-electron chi connectivity index (χ3n) is 6.62. The van der Waals surface area contributed by atoms with Crippen molar-refractivity contribution in [3.8, 4) is 28.8 Å². The van der Waals surface area contributed by atoms with E-state index in [1.807, 2.05) is 68.4 Å². The minimum atomic E-state index is -0.619. The number of nitrogens with zero attached hydrogens (tertiary/aromatic N) is 5. The van der Waals surface area contributed by atoms with Gasteiger partial charge in [-0.05, 0) is 55.3 Å². The van der Waals surface area contributed by atoms with E-state index < -0.39 is 5.41 Å². The van der Waals surface area contributed by atoms with Crippen LogP contribution in [-0.4, -0.2) is 39.4 Å². The van der Waals surface area contributed by atoms with Crippen molar-refractivity contribution in [3.63, 3.8) is 0 Å². The molecule has 2 aromatic carbocycles. The summed E-state index contributed by atoms with van der Waals surface area (Å²) in [5.74, 6) is 0.533. The van der Waals surface area contributed by atoms with Crippen molar-refractivity contribution in [2.24, 2.45) is 7.05 Å². The van der Waals surface area contributed by atoms with Crippen LogP contribution in [-0.2, 0) is 17.2 Å². The fourth-order valence-electron chi connectivity index (χ4n) is 4.37. The molecule has 8 nitrogen and oxygen atoms in total. The van der Waals surface area contributed by atoms with Crippen LogP contribution in [0.1, 0.15) is 19.4 Å². The highest BCUT2D eigenvalue weighted by molar-refractivity contribution is 6.04. The predicted octanol–water partition coefficient (Wildman–Crippen LogP) is 4.77. The first kappa shape index (κ1) is 24.2. The zero-order chi connectivity index (χ0) is 26.2. The highest BCUT2D eigenvalue weighted by Gasteiger charge is 2.21. The Morgan fingerprint density at radius 1 is 0.973 bits per heavy atom. The normalized spacial score (nSPS) is 11.6. The molecule has 0 atom stereocenters. The average molecular weight is 494 g/mol. The number of methoxy groups -OCH3 is 1. The van der Waals surface area contributed by atoms with E-state index >= 15 is 0 Å². The molecule has 5 aromatic rings. The van der Waals surface area contributed by atoms with E-state index in [0.717, 1.165) is 44.3 Å². The third kappa shape index (κ3) is 4.34. The molecule has 5 rings (SSSR count). The molecule has 3 aromatic heterocycles. The SMILES string of the molecule is COCCOc1ccc(-c2ccc3ncc4c(c3c2)n(-c2ccc(C(C)(C)C#N)cc2)c(=O)n4C)cn1. The summed E-state index contributed by atoms with van der Waals surface area (Å²) >= 11 is 0. The van der Waals surface area contributed by atoms with Crippen molar-refractivity contribution < 1.29 is 9.47 Å². The van der Waals surface area contributed by atoms with Gasteiger partial charge in [-0.1, -0.05) is 18.2 Å². The number of pyridine rings is 2. The van der Waals surface area contributed by atoms with Gasteiger partial charge in [0.2, 0.25) is 5.88 Å². The van der Waals surface area contributed by atoms with Gasteiger partial charge in [0, 0.05) is 37.4 Å². The van der Waals surface area contributed by atoms with E-state index in [1.54, 1.807) is 35.7 Å². The first-order chi connectivity index (χ1) is 17.8. The van der Waals surface area contributed by atoms with Crippen LogP contribution in [0.5, 0.6) is 5.88 Å². The molecule has 0 spiro atoms. The molecule has 0 unspecified atom stereocenters. The molecular formula is C29H27N5O3. The lowest BCUT2D eigenvalue weighted by molar-refractivity contribution is 0.144. The van der Waals surface area contributed by atoms with Crippen LogP contribution in [0.4, 0.5) is 0 Å². The molecule has 0 N–H and O–H groups in total. The van der Waals surface area contributed by atoms with Gasteiger partial charge in [0.25, 0.3) is 0 Å². The second-order valence-corrected chi connectivity index (χ2v) is 9.41. The molecule has 3 heterocycles. The number of benzene rings is 2. The Morgan fingerprint density at radius 3 is 2.41 bits per heavy atom. The minimum Gasteiger partial charge on any atom is -0.475 e. The van der Waals surface area contributed by atoms with Crippen molar-refractivity contribution in [1.82, 2.24) is 19.1 Å². The lowest BCUT2D eigenvalue weighted by Crippen LogP contribution is -2.21. The smallest absolute Gasteiger partial charge is 0.333 e. The zero-order valence-corrected chi connectivity index (χ0v) is 21.2. The Labute approximate surface area is 214 Å². The van der Waals surface area contributed by atoms with E-state index in [9.17, 15) is 10.1 Å². The summed E-state index contributed by atoms with van der Waals surface area (Å²) in [5, 5.41) is 10.3. The topological polar surface area (TPSA) is 95.0 Å². The average Bonchev–Trinajstić information content (AvgIpc) is 3.19. The summed E-state index contributed by atoms with van der Waals surface area (Å²) in [6.07, 6.45) is 3.50. The van der Waals surface area contributed by atoms with Crippen molar-refractivity contribution >= 4 is 21.9 Å². The van der Waals surface area contributed by atoms with Crippen LogP contribution >= 0.6 is 0 Å². The fraction of sp³-hybridized carbons (Fsp3) is 0.241. The van der Waals surface area contributed by atoms with Crippen LogP contribution in [0.3, 0.4) is 0 Å². The van der Waals surface area contributed by atoms with Gasteiger partial charge < -0.3 is 9.47 Å². The summed E-state index contributed by atoms with van der Waals surface area (Å²) in [6, 6.07) is 19.7. The monoisotopic (exact) mass is 493 g/mol. The Bertz CT molecular complexity index is 1690. The molecule has 0 saturated heterocycles. The standard InChI is InChI=1S/C29H27N5O3/c1-29(2,18-30)21-7-9-22(10-8-21)34-27-23-15-19(20-6-12-26(32-16-20)37-14-13-36-4)5-11-24(23)31-17-25(27)33(3)28(34)35/h5-12,15-17H,13-14H2,1-4H3. The van der Waals surface area contributed by atoms with E-state index in [0.29, 0.717) is 19.1 Å². The van der Waals surface area contributed by atoms with Gasteiger partial charge in [-0.15, -0.1) is 0 Å². The van der Waals surface area contributed by atoms with Gasteiger partial charge in [0.15, 0.2) is 0 Å². The zero-order valence-electron chi connectivity index (χ0n) is 21.2. The lowest BCUT2D eigenvalue weighted by Gasteiger charge is -2.16. The largest absolute Gasteiger partial charge is 0.475 e. The lowest BCUT2D eigenvalue weighted by atomic mass is 9.86. The number of imidazole rings is 1. The number of nitriles is 1. The Hall–Kier alpha value is -4.48. The number of fused-ring (bicyclic) bond motifs is 3. The molecule has 0 aliphatic rings. The molecule has 37 heavy (non-hydrogen) atoms. The highest BCUT2D eigenvalue weighted by atomic mass is 16.5. The van der Waals surface area contributed by atoms with Gasteiger partial charge in [-0.3, -0.25) is 14.1 Å². The maximum Gasteiger partial charge on any atom is 0.333 e. The van der Waals surface area contributed by atoms with E-state index in [-0.39, 0.29) is 5.69 Å². The summed E-state index contributed by atoms with van der Waals surface area (Å²) in [5.41, 5.74) is 5.00. The summed E-state index contributed by atoms with van der Waals surface area (Å²) in [6.45, 7) is 4.68. The Balaban J connectivity index is 1.63. The molecule has 0 bridgehead atoms. The van der Waals surface area contributed by atoms with Gasteiger partial charge >= 0.3 is 5.69 Å².